The lowest BCUT2D eigenvalue weighted by Crippen LogP contribution is -2.38. The van der Waals surface area contributed by atoms with Crippen LogP contribution in [0.5, 0.6) is 0 Å². The summed E-state index contributed by atoms with van der Waals surface area (Å²) in [5.41, 5.74) is 13.6. The number of nitrogens with one attached hydrogen (secondary N) is 1. The van der Waals surface area contributed by atoms with Crippen molar-refractivity contribution < 1.29 is 0 Å². The number of para-hydroxylation sites is 1. The predicted molar refractivity (Wildman–Crippen MR) is 192 cm³/mol. The third kappa shape index (κ3) is 6.15. The quantitative estimate of drug-likeness (QED) is 0.205. The molecule has 1 aliphatic heterocycles. The Morgan fingerprint density at radius 3 is 2.25 bits per heavy atom. The molecule has 224 valence electrons. The fraction of sp³-hybridized carbons (Fsp3) is 0.256. The van der Waals surface area contributed by atoms with Crippen LogP contribution in [0, 0.1) is 19.8 Å². The number of allylic oxidation sites excluding steroid dienone is 4. The number of aryl methyl sites for hydroxylation is 3. The summed E-state index contributed by atoms with van der Waals surface area (Å²) in [6.07, 6.45) is 13.7. The molecule has 0 aromatic heterocycles. The highest BCUT2D eigenvalue weighted by Gasteiger charge is 2.41. The molecular formula is C43H47N. The summed E-state index contributed by atoms with van der Waals surface area (Å²) in [5, 5.41) is 3.64. The number of rotatable bonds is 8. The lowest BCUT2D eigenvalue weighted by molar-refractivity contribution is 0.519. The Hall–Kier alpha value is -4.36. The van der Waals surface area contributed by atoms with E-state index in [0.717, 1.165) is 19.3 Å². The second-order valence-electron chi connectivity index (χ2n) is 12.9. The summed E-state index contributed by atoms with van der Waals surface area (Å²) in [4.78, 5) is 0. The first kappa shape index (κ1) is 31.1. The topological polar surface area (TPSA) is 12.0 Å². The van der Waals surface area contributed by atoms with Gasteiger partial charge in [-0.1, -0.05) is 129 Å². The molecule has 4 aromatic carbocycles. The normalized spacial score (nSPS) is 19.3. The van der Waals surface area contributed by atoms with E-state index in [-0.39, 0.29) is 11.0 Å². The van der Waals surface area contributed by atoms with Crippen LogP contribution in [-0.2, 0) is 18.3 Å². The van der Waals surface area contributed by atoms with Gasteiger partial charge in [0.25, 0.3) is 0 Å². The molecule has 3 atom stereocenters. The number of hydrogen-bond donors (Lipinski definition) is 1. The maximum absolute atomic E-state index is 4.07. The molecular weight excluding hydrogens is 530 g/mol. The van der Waals surface area contributed by atoms with Gasteiger partial charge in [0, 0.05) is 22.6 Å². The fourth-order valence-corrected chi connectivity index (χ4v) is 6.72. The van der Waals surface area contributed by atoms with Crippen molar-refractivity contribution in [2.75, 3.05) is 5.32 Å². The van der Waals surface area contributed by atoms with E-state index < -0.39 is 0 Å². The lowest BCUT2D eigenvalue weighted by atomic mass is 9.77. The first-order valence-corrected chi connectivity index (χ1v) is 15.9. The molecule has 6 rings (SSSR count). The molecule has 1 aliphatic carbocycles. The Morgan fingerprint density at radius 1 is 0.818 bits per heavy atom. The van der Waals surface area contributed by atoms with Crippen molar-refractivity contribution in [3.05, 3.63) is 168 Å². The van der Waals surface area contributed by atoms with Crippen molar-refractivity contribution in [1.29, 1.82) is 0 Å². The Labute approximate surface area is 265 Å². The van der Waals surface area contributed by atoms with Gasteiger partial charge in [-0.05, 0) is 90.6 Å². The minimum absolute atomic E-state index is 0.0628. The molecule has 1 heteroatoms. The highest BCUT2D eigenvalue weighted by Crippen LogP contribution is 2.47. The van der Waals surface area contributed by atoms with Crippen molar-refractivity contribution >= 4 is 11.3 Å². The molecule has 0 saturated carbocycles. The predicted octanol–water partition coefficient (Wildman–Crippen LogP) is 11.2. The molecule has 0 saturated heterocycles. The van der Waals surface area contributed by atoms with Gasteiger partial charge in [0.05, 0.1) is 5.54 Å². The van der Waals surface area contributed by atoms with Crippen molar-refractivity contribution in [3.63, 3.8) is 0 Å². The zero-order valence-corrected chi connectivity index (χ0v) is 27.2. The van der Waals surface area contributed by atoms with Crippen molar-refractivity contribution in [3.8, 4) is 11.1 Å². The minimum atomic E-state index is -0.0628. The average Bonchev–Trinajstić information content (AvgIpc) is 3.34. The number of anilines is 1. The van der Waals surface area contributed by atoms with Crippen LogP contribution in [0.25, 0.3) is 16.7 Å². The van der Waals surface area contributed by atoms with E-state index in [9.17, 15) is 0 Å². The summed E-state index contributed by atoms with van der Waals surface area (Å²) in [6.45, 7) is 19.2. The number of benzene rings is 4. The van der Waals surface area contributed by atoms with Crippen LogP contribution in [0.4, 0.5) is 5.69 Å². The highest BCUT2D eigenvalue weighted by molar-refractivity contribution is 5.91. The molecule has 4 aromatic rings. The highest BCUT2D eigenvalue weighted by atomic mass is 15.0. The van der Waals surface area contributed by atoms with E-state index in [0.29, 0.717) is 5.92 Å². The van der Waals surface area contributed by atoms with Crippen molar-refractivity contribution in [2.45, 2.75) is 64.8 Å². The summed E-state index contributed by atoms with van der Waals surface area (Å²) in [5.74, 6) is 0.532. The van der Waals surface area contributed by atoms with Crippen LogP contribution in [0.2, 0.25) is 0 Å². The van der Waals surface area contributed by atoms with Crippen molar-refractivity contribution in [1.82, 2.24) is 0 Å². The van der Waals surface area contributed by atoms with Gasteiger partial charge in [-0.3, -0.25) is 0 Å². The molecule has 0 spiro atoms. The van der Waals surface area contributed by atoms with Gasteiger partial charge >= 0.3 is 0 Å². The maximum Gasteiger partial charge on any atom is 0.0663 e. The Morgan fingerprint density at radius 2 is 1.50 bits per heavy atom. The summed E-state index contributed by atoms with van der Waals surface area (Å²) in [7, 11) is 0. The average molecular weight is 578 g/mol. The first-order valence-electron chi connectivity index (χ1n) is 15.9. The van der Waals surface area contributed by atoms with Crippen LogP contribution in [0.15, 0.2) is 135 Å². The van der Waals surface area contributed by atoms with Crippen LogP contribution >= 0.6 is 0 Å². The Kier molecular flexibility index (Phi) is 9.25. The second kappa shape index (κ2) is 13.1. The summed E-state index contributed by atoms with van der Waals surface area (Å²) in [6, 6.07) is 32.9. The van der Waals surface area contributed by atoms with Crippen LogP contribution in [-0.4, -0.2) is 5.54 Å². The SMILES string of the molecule is C=CCC(C)(C=C)c1cccc(CCc2c(C)cccc2-c2ccccc2C)c1.CC1C=CC=C2c3ccccc3NC21C. The van der Waals surface area contributed by atoms with Gasteiger partial charge in [0.1, 0.15) is 0 Å². The molecule has 2 aliphatic rings. The van der Waals surface area contributed by atoms with Gasteiger partial charge < -0.3 is 5.32 Å². The standard InChI is InChI=1S/C29H32.C14H15N/c1-6-20-29(5,7-2)25-15-11-14-24(21-25)18-19-27-23(4)13-10-17-28(27)26-16-9-8-12-22(26)3;1-10-6-5-8-12-11-7-3-4-9-13(11)15-14(10,12)2/h6-17,21H,1-2,18-20H2,3-5H3;3-10,15H,1-2H3. The smallest absolute Gasteiger partial charge is 0.0663 e. The molecule has 3 unspecified atom stereocenters. The van der Waals surface area contributed by atoms with E-state index in [4.69, 9.17) is 0 Å². The molecule has 44 heavy (non-hydrogen) atoms. The van der Waals surface area contributed by atoms with Gasteiger partial charge in [0.15, 0.2) is 0 Å². The molecule has 0 bridgehead atoms. The van der Waals surface area contributed by atoms with E-state index in [1.54, 1.807) is 0 Å². The monoisotopic (exact) mass is 577 g/mol. The van der Waals surface area contributed by atoms with E-state index in [1.165, 1.54) is 55.8 Å². The third-order valence-corrected chi connectivity index (χ3v) is 9.86. The zero-order valence-electron chi connectivity index (χ0n) is 27.2. The molecule has 0 radical (unpaired) electrons. The van der Waals surface area contributed by atoms with Gasteiger partial charge in [-0.25, -0.2) is 0 Å². The number of hydrogen-bond acceptors (Lipinski definition) is 1. The molecule has 1 nitrogen and oxygen atoms in total. The largest absolute Gasteiger partial charge is 0.375 e. The summed E-state index contributed by atoms with van der Waals surface area (Å²) < 4.78 is 0. The van der Waals surface area contributed by atoms with Gasteiger partial charge in [-0.2, -0.15) is 0 Å². The van der Waals surface area contributed by atoms with Gasteiger partial charge in [0.2, 0.25) is 0 Å². The summed E-state index contributed by atoms with van der Waals surface area (Å²) >= 11 is 0. The minimum Gasteiger partial charge on any atom is -0.375 e. The molecule has 1 N–H and O–H groups in total. The van der Waals surface area contributed by atoms with E-state index in [1.807, 2.05) is 12.2 Å². The van der Waals surface area contributed by atoms with Crippen LogP contribution < -0.4 is 5.32 Å². The van der Waals surface area contributed by atoms with E-state index >= 15 is 0 Å². The number of fused-ring (bicyclic) bond motifs is 3. The molecule has 0 amide bonds. The molecule has 1 heterocycles. The van der Waals surface area contributed by atoms with E-state index in [2.05, 4.69) is 162 Å². The molecule has 0 fully saturated rings. The van der Waals surface area contributed by atoms with Crippen molar-refractivity contribution in [2.24, 2.45) is 5.92 Å². The van der Waals surface area contributed by atoms with Gasteiger partial charge in [-0.15, -0.1) is 13.2 Å². The zero-order chi connectivity index (χ0) is 31.3. The lowest BCUT2D eigenvalue weighted by Gasteiger charge is -2.34. The Balaban J connectivity index is 0.000000212. The maximum atomic E-state index is 4.07. The fourth-order valence-electron chi connectivity index (χ4n) is 6.72. The first-order chi connectivity index (χ1) is 21.2. The van der Waals surface area contributed by atoms with Crippen LogP contribution in [0.3, 0.4) is 0 Å². The van der Waals surface area contributed by atoms with Crippen LogP contribution in [0.1, 0.15) is 60.6 Å². The Bertz CT molecular complexity index is 1720. The third-order valence-electron chi connectivity index (χ3n) is 9.86. The second-order valence-corrected chi connectivity index (χ2v) is 12.9.